The molecule has 1 aromatic carbocycles. The maximum absolute atomic E-state index is 12.2. The Labute approximate surface area is 121 Å². The van der Waals surface area contributed by atoms with Crippen LogP contribution < -0.4 is 0 Å². The maximum Gasteiger partial charge on any atom is 0.222 e. The van der Waals surface area contributed by atoms with Gasteiger partial charge in [-0.25, -0.2) is 0 Å². The molecule has 1 aromatic rings. The second-order valence-electron chi connectivity index (χ2n) is 5.50. The van der Waals surface area contributed by atoms with Crippen LogP contribution in [0.15, 0.2) is 30.3 Å². The third-order valence-corrected chi connectivity index (χ3v) is 4.07. The molecule has 2 rings (SSSR count). The molecule has 0 saturated carbocycles. The zero-order valence-electron chi connectivity index (χ0n) is 12.2. The lowest BCUT2D eigenvalue weighted by molar-refractivity contribution is -0.137. The Hall–Kier alpha value is -1.64. The number of hydrogen-bond acceptors (Lipinski definition) is 2. The number of aryl methyl sites for hydroxylation is 1. The number of amides is 1. The van der Waals surface area contributed by atoms with Crippen molar-refractivity contribution in [2.45, 2.75) is 39.0 Å². The van der Waals surface area contributed by atoms with Gasteiger partial charge in [0.2, 0.25) is 5.91 Å². The molecule has 0 aliphatic carbocycles. The maximum atomic E-state index is 12.2. The fourth-order valence-corrected chi connectivity index (χ4v) is 2.74. The lowest BCUT2D eigenvalue weighted by Crippen LogP contribution is -2.43. The summed E-state index contributed by atoms with van der Waals surface area (Å²) in [5.74, 6) is 0.578. The Kier molecular flexibility index (Phi) is 5.33. The van der Waals surface area contributed by atoms with Crippen LogP contribution in [0.4, 0.5) is 0 Å². The molecule has 1 heterocycles. The Balaban J connectivity index is 1.76. The molecule has 108 valence electrons. The lowest BCUT2D eigenvalue weighted by atomic mass is 9.94. The van der Waals surface area contributed by atoms with Crippen LogP contribution in [-0.4, -0.2) is 29.7 Å². The highest BCUT2D eigenvalue weighted by Crippen LogP contribution is 2.17. The molecular weight excluding hydrogens is 250 g/mol. The van der Waals surface area contributed by atoms with Crippen LogP contribution >= 0.6 is 0 Å². The van der Waals surface area contributed by atoms with Crippen LogP contribution in [0.3, 0.4) is 0 Å². The van der Waals surface area contributed by atoms with Crippen molar-refractivity contribution in [3.63, 3.8) is 0 Å². The zero-order chi connectivity index (χ0) is 14.4. The molecule has 3 heteroatoms. The number of likely N-dealkylation sites (tertiary alicyclic amines) is 1. The number of nitrogens with zero attached hydrogens (tertiary/aromatic N) is 1. The van der Waals surface area contributed by atoms with Crippen molar-refractivity contribution in [1.29, 1.82) is 0 Å². The van der Waals surface area contributed by atoms with E-state index in [1.807, 2.05) is 30.0 Å². The average Bonchev–Trinajstić information content (AvgIpc) is 2.48. The molecular formula is C17H23NO2. The highest BCUT2D eigenvalue weighted by Gasteiger charge is 2.27. The first kappa shape index (κ1) is 14.8. The number of carbonyl (C=O) groups excluding carboxylic acids is 2. The van der Waals surface area contributed by atoms with E-state index in [0.29, 0.717) is 31.7 Å². The molecule has 1 fully saturated rings. The summed E-state index contributed by atoms with van der Waals surface area (Å²) in [6.07, 6.45) is 3.77. The number of hydrogen-bond donors (Lipinski definition) is 0. The standard InChI is InChI=1S/C17H23NO2/c1-2-15-13-18(12-11-16(15)19)17(20)10-6-9-14-7-4-3-5-8-14/h3-5,7-8,15H,2,6,9-13H2,1H3. The summed E-state index contributed by atoms with van der Waals surface area (Å²) >= 11 is 0. The predicted octanol–water partition coefficient (Wildman–Crippen LogP) is 2.84. The highest BCUT2D eigenvalue weighted by atomic mass is 16.2. The third-order valence-electron chi connectivity index (χ3n) is 4.07. The second-order valence-corrected chi connectivity index (χ2v) is 5.50. The Morgan fingerprint density at radius 1 is 1.30 bits per heavy atom. The van der Waals surface area contributed by atoms with Crippen LogP contribution in [0.25, 0.3) is 0 Å². The largest absolute Gasteiger partial charge is 0.342 e. The van der Waals surface area contributed by atoms with Gasteiger partial charge in [0.25, 0.3) is 0 Å². The van der Waals surface area contributed by atoms with E-state index in [1.165, 1.54) is 5.56 Å². The van der Waals surface area contributed by atoms with E-state index >= 15 is 0 Å². The fraction of sp³-hybridized carbons (Fsp3) is 0.529. The van der Waals surface area contributed by atoms with Crippen molar-refractivity contribution >= 4 is 11.7 Å². The molecule has 3 nitrogen and oxygen atoms in total. The van der Waals surface area contributed by atoms with Gasteiger partial charge in [0.15, 0.2) is 0 Å². The quantitative estimate of drug-likeness (QED) is 0.827. The van der Waals surface area contributed by atoms with E-state index < -0.39 is 0 Å². The summed E-state index contributed by atoms with van der Waals surface area (Å²) in [7, 11) is 0. The molecule has 1 saturated heterocycles. The summed E-state index contributed by atoms with van der Waals surface area (Å²) in [6.45, 7) is 3.25. The van der Waals surface area contributed by atoms with E-state index in [0.717, 1.165) is 19.3 Å². The minimum atomic E-state index is 0.0572. The summed E-state index contributed by atoms with van der Waals surface area (Å²) in [5.41, 5.74) is 1.28. The molecule has 1 amide bonds. The molecule has 0 N–H and O–H groups in total. The number of piperidine rings is 1. The Bertz CT molecular complexity index is 455. The summed E-state index contributed by atoms with van der Waals surface area (Å²) in [4.78, 5) is 25.7. The van der Waals surface area contributed by atoms with Crippen molar-refractivity contribution in [2.24, 2.45) is 5.92 Å². The zero-order valence-corrected chi connectivity index (χ0v) is 12.2. The molecule has 1 aliphatic rings. The molecule has 0 radical (unpaired) electrons. The molecule has 0 aromatic heterocycles. The smallest absolute Gasteiger partial charge is 0.222 e. The SMILES string of the molecule is CCC1CN(C(=O)CCCc2ccccc2)CCC1=O. The van der Waals surface area contributed by atoms with Crippen molar-refractivity contribution < 1.29 is 9.59 Å². The van der Waals surface area contributed by atoms with Gasteiger partial charge in [-0.2, -0.15) is 0 Å². The summed E-state index contributed by atoms with van der Waals surface area (Å²) in [6, 6.07) is 10.2. The molecule has 20 heavy (non-hydrogen) atoms. The molecule has 0 bridgehead atoms. The van der Waals surface area contributed by atoms with E-state index in [1.54, 1.807) is 0 Å². The van der Waals surface area contributed by atoms with Gasteiger partial charge in [0.05, 0.1) is 0 Å². The molecule has 1 unspecified atom stereocenters. The van der Waals surface area contributed by atoms with E-state index in [4.69, 9.17) is 0 Å². The van der Waals surface area contributed by atoms with Gasteiger partial charge in [-0.15, -0.1) is 0 Å². The fourth-order valence-electron chi connectivity index (χ4n) is 2.74. The molecule has 1 aliphatic heterocycles. The monoisotopic (exact) mass is 273 g/mol. The van der Waals surface area contributed by atoms with Crippen molar-refractivity contribution in [1.82, 2.24) is 4.90 Å². The van der Waals surface area contributed by atoms with E-state index in [2.05, 4.69) is 12.1 Å². The molecule has 0 spiro atoms. The van der Waals surface area contributed by atoms with Crippen LogP contribution in [0, 0.1) is 5.92 Å². The van der Waals surface area contributed by atoms with Crippen LogP contribution in [-0.2, 0) is 16.0 Å². The first-order valence-corrected chi connectivity index (χ1v) is 7.55. The first-order valence-electron chi connectivity index (χ1n) is 7.55. The topological polar surface area (TPSA) is 37.4 Å². The highest BCUT2D eigenvalue weighted by molar-refractivity contribution is 5.85. The minimum absolute atomic E-state index is 0.0572. The predicted molar refractivity (Wildman–Crippen MR) is 79.4 cm³/mol. The third kappa shape index (κ3) is 3.92. The number of rotatable bonds is 5. The van der Waals surface area contributed by atoms with Gasteiger partial charge >= 0.3 is 0 Å². The van der Waals surface area contributed by atoms with Gasteiger partial charge in [0, 0.05) is 31.8 Å². The average molecular weight is 273 g/mol. The van der Waals surface area contributed by atoms with Gasteiger partial charge in [0.1, 0.15) is 5.78 Å². The van der Waals surface area contributed by atoms with Crippen molar-refractivity contribution in [2.75, 3.05) is 13.1 Å². The van der Waals surface area contributed by atoms with Crippen LogP contribution in [0.2, 0.25) is 0 Å². The first-order chi connectivity index (χ1) is 9.70. The van der Waals surface area contributed by atoms with E-state index in [-0.39, 0.29) is 11.8 Å². The van der Waals surface area contributed by atoms with Gasteiger partial charge in [-0.1, -0.05) is 37.3 Å². The van der Waals surface area contributed by atoms with Crippen molar-refractivity contribution in [3.05, 3.63) is 35.9 Å². The van der Waals surface area contributed by atoms with E-state index in [9.17, 15) is 9.59 Å². The van der Waals surface area contributed by atoms with Crippen molar-refractivity contribution in [3.8, 4) is 0 Å². The number of Topliss-reactive ketones (excluding diaryl/α,β-unsaturated/α-hetero) is 1. The van der Waals surface area contributed by atoms with Gasteiger partial charge < -0.3 is 4.90 Å². The number of benzene rings is 1. The van der Waals surface area contributed by atoms with Crippen LogP contribution in [0.5, 0.6) is 0 Å². The minimum Gasteiger partial charge on any atom is -0.342 e. The summed E-state index contributed by atoms with van der Waals surface area (Å²) in [5, 5.41) is 0. The normalized spacial score (nSPS) is 19.1. The van der Waals surface area contributed by atoms with Crippen LogP contribution in [0.1, 0.15) is 38.2 Å². The number of carbonyl (C=O) groups is 2. The van der Waals surface area contributed by atoms with Gasteiger partial charge in [-0.3, -0.25) is 9.59 Å². The second kappa shape index (κ2) is 7.22. The lowest BCUT2D eigenvalue weighted by Gasteiger charge is -2.31. The number of ketones is 1. The Morgan fingerprint density at radius 2 is 2.05 bits per heavy atom. The summed E-state index contributed by atoms with van der Waals surface area (Å²) < 4.78 is 0. The Morgan fingerprint density at radius 3 is 2.75 bits per heavy atom. The van der Waals surface area contributed by atoms with Gasteiger partial charge in [-0.05, 0) is 24.8 Å². The molecule has 1 atom stereocenters.